The van der Waals surface area contributed by atoms with Gasteiger partial charge in [-0.05, 0) is 6.42 Å². The van der Waals surface area contributed by atoms with Gasteiger partial charge in [-0.2, -0.15) is 0 Å². The van der Waals surface area contributed by atoms with E-state index >= 15 is 0 Å². The molecule has 0 bridgehead atoms. The summed E-state index contributed by atoms with van der Waals surface area (Å²) < 4.78 is 2.06. The van der Waals surface area contributed by atoms with Crippen molar-refractivity contribution in [3.05, 3.63) is 18.2 Å². The Morgan fingerprint density at radius 1 is 1.75 bits per heavy atom. The molecule has 1 unspecified atom stereocenters. The van der Waals surface area contributed by atoms with Gasteiger partial charge >= 0.3 is 0 Å². The molecule has 1 atom stereocenters. The summed E-state index contributed by atoms with van der Waals surface area (Å²) in [7, 11) is 0. The molecule has 0 aliphatic carbocycles. The van der Waals surface area contributed by atoms with Gasteiger partial charge < -0.3 is 15.4 Å². The first-order valence-electron chi connectivity index (χ1n) is 4.15. The minimum Gasteiger partial charge on any atom is -0.388 e. The number of nitrogens with two attached hydrogens (primary N) is 1. The Kier molecular flexibility index (Phi) is 1.66. The molecule has 0 radical (unpaired) electrons. The molecule has 3 N–H and O–H groups in total. The van der Waals surface area contributed by atoms with Crippen LogP contribution in [0.3, 0.4) is 0 Å². The molecule has 0 aromatic carbocycles. The van der Waals surface area contributed by atoms with Gasteiger partial charge in [-0.1, -0.05) is 0 Å². The zero-order valence-corrected chi connectivity index (χ0v) is 6.90. The second-order valence-electron chi connectivity index (χ2n) is 3.43. The summed E-state index contributed by atoms with van der Waals surface area (Å²) in [4.78, 5) is 4.01. The molecule has 1 aliphatic rings. The monoisotopic (exact) mass is 167 g/mol. The average molecular weight is 167 g/mol. The summed E-state index contributed by atoms with van der Waals surface area (Å²) in [6.07, 6.45) is 4.95. The predicted octanol–water partition coefficient (Wildman–Crippen LogP) is -0.481. The van der Waals surface area contributed by atoms with Crippen molar-refractivity contribution in [1.29, 1.82) is 0 Å². The Hall–Kier alpha value is -0.870. The number of fused-ring (bicyclic) bond motifs is 1. The highest BCUT2D eigenvalue weighted by molar-refractivity contribution is 5.07. The van der Waals surface area contributed by atoms with E-state index in [0.717, 1.165) is 18.7 Å². The van der Waals surface area contributed by atoms with Crippen LogP contribution in [0, 0.1) is 0 Å². The van der Waals surface area contributed by atoms with Crippen molar-refractivity contribution in [2.45, 2.75) is 25.0 Å². The lowest BCUT2D eigenvalue weighted by molar-refractivity contribution is 0.0242. The van der Waals surface area contributed by atoms with Crippen molar-refractivity contribution >= 4 is 0 Å². The molecule has 4 heteroatoms. The number of aryl methyl sites for hydroxylation is 1. The van der Waals surface area contributed by atoms with E-state index in [4.69, 9.17) is 5.73 Å². The quantitative estimate of drug-likeness (QED) is 0.593. The van der Waals surface area contributed by atoms with Gasteiger partial charge in [0.05, 0.1) is 11.9 Å². The summed E-state index contributed by atoms with van der Waals surface area (Å²) in [5.74, 6) is 0. The van der Waals surface area contributed by atoms with E-state index in [1.165, 1.54) is 0 Å². The van der Waals surface area contributed by atoms with Crippen LogP contribution in [-0.4, -0.2) is 26.8 Å². The average Bonchev–Trinajstić information content (AvgIpc) is 2.51. The van der Waals surface area contributed by atoms with Gasteiger partial charge in [-0.15, -0.1) is 0 Å². The fourth-order valence-electron chi connectivity index (χ4n) is 1.63. The van der Waals surface area contributed by atoms with Crippen molar-refractivity contribution in [3.8, 4) is 0 Å². The van der Waals surface area contributed by atoms with Crippen LogP contribution in [0.25, 0.3) is 0 Å². The molecule has 2 heterocycles. The van der Waals surface area contributed by atoms with E-state index < -0.39 is 5.60 Å². The molecule has 1 aromatic heterocycles. The lowest BCUT2D eigenvalue weighted by Crippen LogP contribution is -2.44. The van der Waals surface area contributed by atoms with Crippen LogP contribution in [-0.2, 0) is 13.0 Å². The topological polar surface area (TPSA) is 64.1 Å². The lowest BCUT2D eigenvalue weighted by Gasteiger charge is -2.31. The van der Waals surface area contributed by atoms with Crippen LogP contribution in [0.5, 0.6) is 0 Å². The Morgan fingerprint density at radius 2 is 2.58 bits per heavy atom. The van der Waals surface area contributed by atoms with Crippen molar-refractivity contribution in [3.63, 3.8) is 0 Å². The largest absolute Gasteiger partial charge is 0.388 e. The van der Waals surface area contributed by atoms with Gasteiger partial charge in [0, 0.05) is 31.4 Å². The molecule has 0 saturated heterocycles. The first-order valence-corrected chi connectivity index (χ1v) is 4.15. The highest BCUT2D eigenvalue weighted by Crippen LogP contribution is 2.22. The number of hydrogen-bond acceptors (Lipinski definition) is 3. The van der Waals surface area contributed by atoms with E-state index in [1.807, 2.05) is 0 Å². The van der Waals surface area contributed by atoms with E-state index in [9.17, 15) is 5.11 Å². The molecule has 1 aromatic rings. The highest BCUT2D eigenvalue weighted by atomic mass is 16.3. The maximum atomic E-state index is 9.88. The smallest absolute Gasteiger partial charge is 0.0948 e. The summed E-state index contributed by atoms with van der Waals surface area (Å²) in [6, 6.07) is 0. The zero-order chi connectivity index (χ0) is 8.60. The van der Waals surface area contributed by atoms with Gasteiger partial charge in [-0.3, -0.25) is 0 Å². The Labute approximate surface area is 71.0 Å². The van der Waals surface area contributed by atoms with Crippen LogP contribution in [0.4, 0.5) is 0 Å². The molecule has 4 nitrogen and oxygen atoms in total. The normalized spacial score (nSPS) is 28.5. The second kappa shape index (κ2) is 2.57. The van der Waals surface area contributed by atoms with Gasteiger partial charge in [0.2, 0.25) is 0 Å². The van der Waals surface area contributed by atoms with Crippen molar-refractivity contribution < 1.29 is 5.11 Å². The summed E-state index contributed by atoms with van der Waals surface area (Å²) in [5, 5.41) is 9.88. The van der Waals surface area contributed by atoms with Gasteiger partial charge in [0.15, 0.2) is 0 Å². The van der Waals surface area contributed by atoms with Crippen LogP contribution in [0.2, 0.25) is 0 Å². The summed E-state index contributed by atoms with van der Waals surface area (Å²) in [6.45, 7) is 1.15. The highest BCUT2D eigenvalue weighted by Gasteiger charge is 2.30. The minimum absolute atomic E-state index is 0.332. The minimum atomic E-state index is -0.698. The van der Waals surface area contributed by atoms with Crippen molar-refractivity contribution in [2.24, 2.45) is 5.73 Å². The number of imidazole rings is 1. The lowest BCUT2D eigenvalue weighted by atomic mass is 9.91. The molecule has 0 saturated carbocycles. The number of nitrogens with zero attached hydrogens (tertiary/aromatic N) is 2. The number of rotatable bonds is 1. The third-order valence-corrected chi connectivity index (χ3v) is 2.51. The first kappa shape index (κ1) is 7.76. The molecular weight excluding hydrogens is 154 g/mol. The zero-order valence-electron chi connectivity index (χ0n) is 6.90. The fourth-order valence-corrected chi connectivity index (χ4v) is 1.63. The van der Waals surface area contributed by atoms with E-state index in [2.05, 4.69) is 9.55 Å². The molecule has 2 rings (SSSR count). The van der Waals surface area contributed by atoms with Gasteiger partial charge in [0.25, 0.3) is 0 Å². The number of aliphatic hydroxyl groups is 1. The van der Waals surface area contributed by atoms with Crippen LogP contribution in [0.1, 0.15) is 12.1 Å². The van der Waals surface area contributed by atoms with Gasteiger partial charge in [-0.25, -0.2) is 4.98 Å². The van der Waals surface area contributed by atoms with Gasteiger partial charge in [0.1, 0.15) is 0 Å². The van der Waals surface area contributed by atoms with Crippen LogP contribution < -0.4 is 5.73 Å². The summed E-state index contributed by atoms with van der Waals surface area (Å²) >= 11 is 0. The van der Waals surface area contributed by atoms with Crippen molar-refractivity contribution in [1.82, 2.24) is 9.55 Å². The molecular formula is C8H13N3O. The number of hydrogen-bond donors (Lipinski definition) is 2. The second-order valence-corrected chi connectivity index (χ2v) is 3.43. The molecule has 1 aliphatic heterocycles. The SMILES string of the molecule is NCC1(O)CCn2cncc2C1. The predicted molar refractivity (Wildman–Crippen MR) is 44.6 cm³/mol. The molecule has 0 fully saturated rings. The van der Waals surface area contributed by atoms with E-state index in [1.54, 1.807) is 12.5 Å². The van der Waals surface area contributed by atoms with Crippen LogP contribution in [0.15, 0.2) is 12.5 Å². The summed E-state index contributed by atoms with van der Waals surface area (Å²) in [5.41, 5.74) is 5.86. The Balaban J connectivity index is 2.25. The molecule has 12 heavy (non-hydrogen) atoms. The van der Waals surface area contributed by atoms with E-state index in [-0.39, 0.29) is 0 Å². The third-order valence-electron chi connectivity index (χ3n) is 2.51. The van der Waals surface area contributed by atoms with Crippen molar-refractivity contribution in [2.75, 3.05) is 6.54 Å². The molecule has 0 spiro atoms. The van der Waals surface area contributed by atoms with Crippen LogP contribution >= 0.6 is 0 Å². The molecule has 0 amide bonds. The Morgan fingerprint density at radius 3 is 3.33 bits per heavy atom. The first-order chi connectivity index (χ1) is 5.73. The molecule has 66 valence electrons. The third kappa shape index (κ3) is 1.13. The maximum absolute atomic E-state index is 9.88. The van der Waals surface area contributed by atoms with E-state index in [0.29, 0.717) is 13.0 Å². The standard InChI is InChI=1S/C8H13N3O/c9-5-8(12)1-2-11-6-10-4-7(11)3-8/h4,6,12H,1-3,5,9H2. The fraction of sp³-hybridized carbons (Fsp3) is 0.625. The Bertz CT molecular complexity index is 284. The number of aromatic nitrogens is 2. The maximum Gasteiger partial charge on any atom is 0.0948 e.